The van der Waals surface area contributed by atoms with Crippen LogP contribution in [0.1, 0.15) is 19.8 Å². The van der Waals surface area contributed by atoms with Crippen molar-refractivity contribution in [3.05, 3.63) is 0 Å². The minimum absolute atomic E-state index is 0.121. The number of carbonyl (C=O) groups excluding carboxylic acids is 1. The largest absolute Gasteiger partial charge is 0.380 e. The Morgan fingerprint density at radius 3 is 2.55 bits per heavy atom. The maximum atomic E-state index is 11.0. The smallest absolute Gasteiger partial charge is 0.220 e. The lowest BCUT2D eigenvalue weighted by molar-refractivity contribution is -0.143. The summed E-state index contributed by atoms with van der Waals surface area (Å²) in [5.74, 6) is 0.121. The van der Waals surface area contributed by atoms with E-state index in [1.54, 1.807) is 7.05 Å². The molecular formula is C8H15NO2. The van der Waals surface area contributed by atoms with Crippen molar-refractivity contribution in [3.8, 4) is 0 Å². The number of amides is 1. The van der Waals surface area contributed by atoms with Crippen molar-refractivity contribution in [2.45, 2.75) is 19.8 Å². The number of hydrogen-bond acceptors (Lipinski definition) is 2. The summed E-state index contributed by atoms with van der Waals surface area (Å²) in [6.07, 6.45) is 1.64. The predicted octanol–water partition coefficient (Wildman–Crippen LogP) is 0.549. The van der Waals surface area contributed by atoms with Gasteiger partial charge in [-0.05, 0) is 6.42 Å². The number of hydrogen-bond donors (Lipinski definition) is 1. The molecule has 1 saturated heterocycles. The summed E-state index contributed by atoms with van der Waals surface area (Å²) >= 11 is 0. The highest BCUT2D eigenvalue weighted by molar-refractivity contribution is 5.76. The molecule has 0 spiro atoms. The van der Waals surface area contributed by atoms with Gasteiger partial charge in [-0.1, -0.05) is 6.92 Å². The van der Waals surface area contributed by atoms with Crippen LogP contribution >= 0.6 is 0 Å². The van der Waals surface area contributed by atoms with E-state index in [4.69, 9.17) is 4.74 Å². The second-order valence-corrected chi connectivity index (χ2v) is 3.20. The summed E-state index contributed by atoms with van der Waals surface area (Å²) in [6.45, 7) is 3.60. The highest BCUT2D eigenvalue weighted by Crippen LogP contribution is 2.34. The first kappa shape index (κ1) is 8.53. The molecular weight excluding hydrogens is 142 g/mol. The zero-order valence-corrected chi connectivity index (χ0v) is 7.14. The summed E-state index contributed by atoms with van der Waals surface area (Å²) in [7, 11) is 1.67. The third kappa shape index (κ3) is 1.71. The zero-order chi connectivity index (χ0) is 8.32. The summed E-state index contributed by atoms with van der Waals surface area (Å²) < 4.78 is 5.09. The SMILES string of the molecule is CCC1(CC(=O)NC)COC1. The summed E-state index contributed by atoms with van der Waals surface area (Å²) in [5, 5.41) is 2.63. The Morgan fingerprint density at radius 2 is 2.27 bits per heavy atom. The molecule has 1 aliphatic rings. The fourth-order valence-corrected chi connectivity index (χ4v) is 1.25. The highest BCUT2D eigenvalue weighted by atomic mass is 16.5. The molecule has 0 aromatic heterocycles. The monoisotopic (exact) mass is 157 g/mol. The van der Waals surface area contributed by atoms with Gasteiger partial charge in [-0.2, -0.15) is 0 Å². The molecule has 0 atom stereocenters. The predicted molar refractivity (Wildman–Crippen MR) is 42.2 cm³/mol. The minimum Gasteiger partial charge on any atom is -0.380 e. The third-order valence-electron chi connectivity index (χ3n) is 2.38. The van der Waals surface area contributed by atoms with Gasteiger partial charge in [-0.3, -0.25) is 4.79 Å². The molecule has 0 radical (unpaired) electrons. The van der Waals surface area contributed by atoms with Crippen molar-refractivity contribution in [2.24, 2.45) is 5.41 Å². The Kier molecular flexibility index (Phi) is 2.49. The quantitative estimate of drug-likeness (QED) is 0.649. The van der Waals surface area contributed by atoms with Gasteiger partial charge in [0.15, 0.2) is 0 Å². The first-order valence-corrected chi connectivity index (χ1v) is 4.01. The second-order valence-electron chi connectivity index (χ2n) is 3.20. The summed E-state index contributed by atoms with van der Waals surface area (Å²) in [4.78, 5) is 11.0. The standard InChI is InChI=1S/C8H15NO2/c1-3-8(5-11-6-8)4-7(10)9-2/h3-6H2,1-2H3,(H,9,10). The second kappa shape index (κ2) is 3.22. The number of carbonyl (C=O) groups is 1. The third-order valence-corrected chi connectivity index (χ3v) is 2.38. The van der Waals surface area contributed by atoms with Gasteiger partial charge in [-0.25, -0.2) is 0 Å². The molecule has 0 aromatic carbocycles. The molecule has 0 aliphatic carbocycles. The van der Waals surface area contributed by atoms with E-state index in [0.29, 0.717) is 6.42 Å². The molecule has 11 heavy (non-hydrogen) atoms. The fourth-order valence-electron chi connectivity index (χ4n) is 1.25. The fraction of sp³-hybridized carbons (Fsp3) is 0.875. The lowest BCUT2D eigenvalue weighted by Gasteiger charge is -2.40. The molecule has 1 amide bonds. The van der Waals surface area contributed by atoms with Crippen molar-refractivity contribution in [2.75, 3.05) is 20.3 Å². The van der Waals surface area contributed by atoms with Crippen molar-refractivity contribution >= 4 is 5.91 Å². The summed E-state index contributed by atoms with van der Waals surface area (Å²) in [5.41, 5.74) is 0.153. The number of rotatable bonds is 3. The molecule has 0 saturated carbocycles. The van der Waals surface area contributed by atoms with Crippen LogP contribution in [0.25, 0.3) is 0 Å². The van der Waals surface area contributed by atoms with Crippen molar-refractivity contribution in [1.82, 2.24) is 5.32 Å². The molecule has 0 unspecified atom stereocenters. The van der Waals surface area contributed by atoms with Crippen LogP contribution in [-0.4, -0.2) is 26.2 Å². The maximum Gasteiger partial charge on any atom is 0.220 e. The van der Waals surface area contributed by atoms with Crippen molar-refractivity contribution < 1.29 is 9.53 Å². The molecule has 3 nitrogen and oxygen atoms in total. The van der Waals surface area contributed by atoms with Gasteiger partial charge in [-0.15, -0.1) is 0 Å². The van der Waals surface area contributed by atoms with E-state index in [1.165, 1.54) is 0 Å². The average molecular weight is 157 g/mol. The van der Waals surface area contributed by atoms with Crippen LogP contribution in [0.4, 0.5) is 0 Å². The minimum atomic E-state index is 0.121. The molecule has 1 fully saturated rings. The van der Waals surface area contributed by atoms with E-state index >= 15 is 0 Å². The van der Waals surface area contributed by atoms with E-state index in [2.05, 4.69) is 12.2 Å². The van der Waals surface area contributed by atoms with E-state index in [9.17, 15) is 4.79 Å². The maximum absolute atomic E-state index is 11.0. The first-order chi connectivity index (χ1) is 5.22. The molecule has 64 valence electrons. The number of nitrogens with one attached hydrogen (secondary N) is 1. The zero-order valence-electron chi connectivity index (χ0n) is 7.14. The lowest BCUT2D eigenvalue weighted by Crippen LogP contribution is -2.45. The van der Waals surface area contributed by atoms with E-state index < -0.39 is 0 Å². The van der Waals surface area contributed by atoms with Crippen LogP contribution in [0, 0.1) is 5.41 Å². The Balaban J connectivity index is 2.38. The first-order valence-electron chi connectivity index (χ1n) is 4.01. The van der Waals surface area contributed by atoms with Crippen LogP contribution in [0.3, 0.4) is 0 Å². The van der Waals surface area contributed by atoms with Gasteiger partial charge in [0.1, 0.15) is 0 Å². The Labute approximate surface area is 67.1 Å². The normalized spacial score (nSPS) is 20.5. The summed E-state index contributed by atoms with van der Waals surface area (Å²) in [6, 6.07) is 0. The van der Waals surface area contributed by atoms with Gasteiger partial charge in [0.05, 0.1) is 13.2 Å². The van der Waals surface area contributed by atoms with Crippen LogP contribution in [0.2, 0.25) is 0 Å². The van der Waals surface area contributed by atoms with E-state index in [0.717, 1.165) is 19.6 Å². The molecule has 3 heteroatoms. The Hall–Kier alpha value is -0.570. The van der Waals surface area contributed by atoms with Crippen molar-refractivity contribution in [3.63, 3.8) is 0 Å². The lowest BCUT2D eigenvalue weighted by atomic mass is 9.80. The Bertz CT molecular complexity index is 147. The number of ether oxygens (including phenoxy) is 1. The van der Waals surface area contributed by atoms with Gasteiger partial charge in [0, 0.05) is 18.9 Å². The van der Waals surface area contributed by atoms with Crippen LogP contribution < -0.4 is 5.32 Å². The van der Waals surface area contributed by atoms with Crippen molar-refractivity contribution in [1.29, 1.82) is 0 Å². The molecule has 1 aliphatic heterocycles. The van der Waals surface area contributed by atoms with E-state index in [-0.39, 0.29) is 11.3 Å². The molecule has 1 heterocycles. The average Bonchev–Trinajstić information content (AvgIpc) is 1.96. The van der Waals surface area contributed by atoms with Gasteiger partial charge >= 0.3 is 0 Å². The van der Waals surface area contributed by atoms with Crippen LogP contribution in [0.5, 0.6) is 0 Å². The van der Waals surface area contributed by atoms with Crippen LogP contribution in [-0.2, 0) is 9.53 Å². The highest BCUT2D eigenvalue weighted by Gasteiger charge is 2.38. The van der Waals surface area contributed by atoms with E-state index in [1.807, 2.05) is 0 Å². The molecule has 1 N–H and O–H groups in total. The molecule has 0 bridgehead atoms. The topological polar surface area (TPSA) is 38.3 Å². The molecule has 0 aromatic rings. The van der Waals surface area contributed by atoms with Gasteiger partial charge in [0.2, 0.25) is 5.91 Å². The Morgan fingerprint density at radius 1 is 1.64 bits per heavy atom. The van der Waals surface area contributed by atoms with Gasteiger partial charge < -0.3 is 10.1 Å². The van der Waals surface area contributed by atoms with Gasteiger partial charge in [0.25, 0.3) is 0 Å². The van der Waals surface area contributed by atoms with Crippen LogP contribution in [0.15, 0.2) is 0 Å². The molecule has 1 rings (SSSR count).